The molecule has 112 valence electrons. The Hall–Kier alpha value is -1.61. The summed E-state index contributed by atoms with van der Waals surface area (Å²) < 4.78 is 0. The molecule has 0 aromatic carbocycles. The van der Waals surface area contributed by atoms with Crippen LogP contribution in [0.3, 0.4) is 0 Å². The molecule has 0 heterocycles. The van der Waals surface area contributed by atoms with Gasteiger partial charge in [0.15, 0.2) is 0 Å². The lowest BCUT2D eigenvalue weighted by Gasteiger charge is -2.07. The molecule has 2 N–H and O–H groups in total. The van der Waals surface area contributed by atoms with Crippen molar-refractivity contribution in [1.82, 2.24) is 0 Å². The van der Waals surface area contributed by atoms with E-state index in [0.717, 1.165) is 31.8 Å². The van der Waals surface area contributed by atoms with Crippen LogP contribution in [0.15, 0.2) is 48.6 Å². The number of carboxylic acids is 1. The number of hydrogen-bond donors (Lipinski definition) is 2. The minimum atomic E-state index is -0.948. The quantitative estimate of drug-likeness (QED) is 0.341. The molecule has 0 amide bonds. The maximum absolute atomic E-state index is 10.2. The van der Waals surface area contributed by atoms with Crippen molar-refractivity contribution in [2.24, 2.45) is 0 Å². The van der Waals surface area contributed by atoms with Gasteiger partial charge in [-0.15, -0.1) is 0 Å². The molecule has 0 saturated carbocycles. The molecule has 0 spiro atoms. The molecule has 0 saturated heterocycles. The van der Waals surface area contributed by atoms with Crippen molar-refractivity contribution in [3.05, 3.63) is 48.6 Å². The molecular weight excluding hydrogens is 252 g/mol. The van der Waals surface area contributed by atoms with E-state index in [1.807, 2.05) is 24.3 Å². The first-order chi connectivity index (χ1) is 9.66. The Balaban J connectivity index is 3.63. The standard InChI is InChI=1S/C17H26O3/c1-2-3-10-13-16(18)14-11-8-6-4-5-7-9-12-15-17(19)20/h4-9,12,15-16,18H,2-3,10-11,13-14H2,1H3,(H,19,20). The molecule has 0 aromatic heterocycles. The van der Waals surface area contributed by atoms with Gasteiger partial charge in [-0.25, -0.2) is 4.79 Å². The van der Waals surface area contributed by atoms with Crippen molar-refractivity contribution in [2.75, 3.05) is 0 Å². The number of carbonyl (C=O) groups is 1. The molecule has 1 atom stereocenters. The predicted molar refractivity (Wildman–Crippen MR) is 83.6 cm³/mol. The smallest absolute Gasteiger partial charge is 0.328 e. The second-order valence-electron chi connectivity index (χ2n) is 4.62. The van der Waals surface area contributed by atoms with Crippen LogP contribution in [0.2, 0.25) is 0 Å². The Bertz CT molecular complexity index is 351. The second-order valence-corrected chi connectivity index (χ2v) is 4.62. The molecule has 3 heteroatoms. The van der Waals surface area contributed by atoms with Gasteiger partial charge in [-0.3, -0.25) is 0 Å². The van der Waals surface area contributed by atoms with Gasteiger partial charge in [-0.1, -0.05) is 68.7 Å². The molecule has 0 aromatic rings. The minimum absolute atomic E-state index is 0.184. The average Bonchev–Trinajstić information content (AvgIpc) is 2.41. The van der Waals surface area contributed by atoms with E-state index in [0.29, 0.717) is 0 Å². The first-order valence-corrected chi connectivity index (χ1v) is 7.24. The SMILES string of the molecule is CCCCCC(O)CCC=CC=CC=CC=CC(=O)O. The molecule has 0 aliphatic carbocycles. The van der Waals surface area contributed by atoms with Crippen LogP contribution in [0.1, 0.15) is 45.4 Å². The average molecular weight is 278 g/mol. The molecule has 1 unspecified atom stereocenters. The van der Waals surface area contributed by atoms with E-state index < -0.39 is 5.97 Å². The lowest BCUT2D eigenvalue weighted by Crippen LogP contribution is -2.05. The Morgan fingerprint density at radius 2 is 1.65 bits per heavy atom. The minimum Gasteiger partial charge on any atom is -0.478 e. The largest absolute Gasteiger partial charge is 0.478 e. The zero-order valence-electron chi connectivity index (χ0n) is 12.2. The van der Waals surface area contributed by atoms with Gasteiger partial charge in [0, 0.05) is 6.08 Å². The molecule has 0 rings (SSSR count). The van der Waals surface area contributed by atoms with Crippen molar-refractivity contribution in [3.63, 3.8) is 0 Å². The van der Waals surface area contributed by atoms with Crippen LogP contribution in [-0.2, 0) is 4.79 Å². The maximum Gasteiger partial charge on any atom is 0.328 e. The van der Waals surface area contributed by atoms with Crippen LogP contribution >= 0.6 is 0 Å². The summed E-state index contributed by atoms with van der Waals surface area (Å²) in [5.41, 5.74) is 0. The highest BCUT2D eigenvalue weighted by Crippen LogP contribution is 2.08. The van der Waals surface area contributed by atoms with Gasteiger partial charge in [0.1, 0.15) is 0 Å². The van der Waals surface area contributed by atoms with Gasteiger partial charge >= 0.3 is 5.97 Å². The monoisotopic (exact) mass is 278 g/mol. The van der Waals surface area contributed by atoms with Gasteiger partial charge in [-0.05, 0) is 19.3 Å². The third-order valence-electron chi connectivity index (χ3n) is 2.74. The normalized spacial score (nSPS) is 14.1. The van der Waals surface area contributed by atoms with Crippen LogP contribution in [0, 0.1) is 0 Å². The summed E-state index contributed by atoms with van der Waals surface area (Å²) in [6.07, 6.45) is 19.6. The lowest BCUT2D eigenvalue weighted by molar-refractivity contribution is -0.131. The van der Waals surface area contributed by atoms with E-state index in [4.69, 9.17) is 5.11 Å². The summed E-state index contributed by atoms with van der Waals surface area (Å²) in [4.78, 5) is 10.2. The van der Waals surface area contributed by atoms with Crippen molar-refractivity contribution < 1.29 is 15.0 Å². The van der Waals surface area contributed by atoms with E-state index in [9.17, 15) is 9.90 Å². The zero-order valence-corrected chi connectivity index (χ0v) is 12.2. The van der Waals surface area contributed by atoms with Gasteiger partial charge in [0.25, 0.3) is 0 Å². The number of unbranched alkanes of at least 4 members (excludes halogenated alkanes) is 2. The summed E-state index contributed by atoms with van der Waals surface area (Å²) in [7, 11) is 0. The van der Waals surface area contributed by atoms with Gasteiger partial charge in [0.05, 0.1) is 6.10 Å². The van der Waals surface area contributed by atoms with E-state index in [-0.39, 0.29) is 6.10 Å². The number of carboxylic acid groups (broad SMARTS) is 1. The number of allylic oxidation sites excluding steroid dienone is 7. The van der Waals surface area contributed by atoms with E-state index in [1.54, 1.807) is 12.2 Å². The topological polar surface area (TPSA) is 57.5 Å². The maximum atomic E-state index is 10.2. The van der Waals surface area contributed by atoms with Crippen molar-refractivity contribution in [3.8, 4) is 0 Å². The fraction of sp³-hybridized carbons (Fsp3) is 0.471. The lowest BCUT2D eigenvalue weighted by atomic mass is 10.1. The molecule has 3 nitrogen and oxygen atoms in total. The van der Waals surface area contributed by atoms with Crippen LogP contribution in [0.4, 0.5) is 0 Å². The van der Waals surface area contributed by atoms with Crippen molar-refractivity contribution in [1.29, 1.82) is 0 Å². The highest BCUT2D eigenvalue weighted by atomic mass is 16.4. The van der Waals surface area contributed by atoms with E-state index in [2.05, 4.69) is 6.92 Å². The number of hydrogen-bond acceptors (Lipinski definition) is 2. The second kappa shape index (κ2) is 13.8. The van der Waals surface area contributed by atoms with Crippen LogP contribution in [0.25, 0.3) is 0 Å². The first-order valence-electron chi connectivity index (χ1n) is 7.24. The van der Waals surface area contributed by atoms with Crippen LogP contribution in [-0.4, -0.2) is 22.3 Å². The first kappa shape index (κ1) is 18.4. The van der Waals surface area contributed by atoms with Crippen molar-refractivity contribution in [2.45, 2.75) is 51.6 Å². The molecule has 0 bridgehead atoms. The Morgan fingerprint density at radius 1 is 1.00 bits per heavy atom. The van der Waals surface area contributed by atoms with E-state index in [1.165, 1.54) is 18.9 Å². The fourth-order valence-electron chi connectivity index (χ4n) is 1.63. The van der Waals surface area contributed by atoms with Crippen LogP contribution < -0.4 is 0 Å². The number of aliphatic hydroxyl groups excluding tert-OH is 1. The summed E-state index contributed by atoms with van der Waals surface area (Å²) in [6.45, 7) is 2.16. The number of rotatable bonds is 11. The fourth-order valence-corrected chi connectivity index (χ4v) is 1.63. The predicted octanol–water partition coefficient (Wildman–Crippen LogP) is 4.02. The molecule has 0 aliphatic rings. The van der Waals surface area contributed by atoms with Crippen molar-refractivity contribution >= 4 is 5.97 Å². The van der Waals surface area contributed by atoms with Gasteiger partial charge in [0.2, 0.25) is 0 Å². The van der Waals surface area contributed by atoms with Gasteiger partial charge in [-0.2, -0.15) is 0 Å². The summed E-state index contributed by atoms with van der Waals surface area (Å²) in [5, 5.41) is 18.1. The van der Waals surface area contributed by atoms with E-state index >= 15 is 0 Å². The third-order valence-corrected chi connectivity index (χ3v) is 2.74. The number of aliphatic carboxylic acids is 1. The molecule has 0 fully saturated rings. The third kappa shape index (κ3) is 14.5. The highest BCUT2D eigenvalue weighted by molar-refractivity contribution is 5.80. The molecule has 20 heavy (non-hydrogen) atoms. The summed E-state index contributed by atoms with van der Waals surface area (Å²) >= 11 is 0. The highest BCUT2D eigenvalue weighted by Gasteiger charge is 2.01. The van der Waals surface area contributed by atoms with Crippen LogP contribution in [0.5, 0.6) is 0 Å². The Morgan fingerprint density at radius 3 is 2.30 bits per heavy atom. The molecule has 0 radical (unpaired) electrons. The number of aliphatic hydroxyl groups is 1. The Kier molecular flexibility index (Phi) is 12.7. The molecular formula is C17H26O3. The summed E-state index contributed by atoms with van der Waals surface area (Å²) in [5.74, 6) is -0.948. The van der Waals surface area contributed by atoms with Gasteiger partial charge < -0.3 is 10.2 Å². The Labute approximate surface area is 122 Å². The molecule has 0 aliphatic heterocycles. The zero-order chi connectivity index (χ0) is 15.1. The summed E-state index contributed by atoms with van der Waals surface area (Å²) in [6, 6.07) is 0.